The quantitative estimate of drug-likeness (QED) is 0.433. The van der Waals surface area contributed by atoms with E-state index in [1.165, 1.54) is 6.21 Å². The second kappa shape index (κ2) is 8.56. The highest BCUT2D eigenvalue weighted by molar-refractivity contribution is 9.10. The van der Waals surface area contributed by atoms with Crippen LogP contribution in [0, 0.1) is 0 Å². The number of rotatable bonds is 6. The lowest BCUT2D eigenvalue weighted by Gasteiger charge is -2.13. The van der Waals surface area contributed by atoms with Crippen LogP contribution < -0.4 is 20.9 Å². The van der Waals surface area contributed by atoms with Crippen LogP contribution in [0.4, 0.5) is 0 Å². The van der Waals surface area contributed by atoms with Gasteiger partial charge in [-0.05, 0) is 34.1 Å². The maximum Gasteiger partial charge on any atom is 0.211 e. The average Bonchev–Trinajstić information content (AvgIpc) is 2.55. The molecule has 8 heteroatoms. The lowest BCUT2D eigenvalue weighted by molar-refractivity contribution is 0.284. The summed E-state index contributed by atoms with van der Waals surface area (Å²) in [5, 5.41) is 7.99. The molecule has 6 nitrogen and oxygen atoms in total. The van der Waals surface area contributed by atoms with Crippen molar-refractivity contribution in [1.29, 1.82) is 0 Å². The highest BCUT2D eigenvalue weighted by atomic mass is 79.9. The van der Waals surface area contributed by atoms with Crippen LogP contribution in [-0.2, 0) is 6.61 Å². The molecule has 24 heavy (non-hydrogen) atoms. The van der Waals surface area contributed by atoms with Crippen molar-refractivity contribution >= 4 is 39.7 Å². The van der Waals surface area contributed by atoms with Crippen LogP contribution >= 0.6 is 27.5 Å². The fourth-order valence-electron chi connectivity index (χ4n) is 1.85. The van der Waals surface area contributed by atoms with Gasteiger partial charge in [-0.2, -0.15) is 5.10 Å². The molecule has 0 atom stereocenters. The molecule has 0 aliphatic rings. The van der Waals surface area contributed by atoms with Crippen LogP contribution in [0.3, 0.4) is 0 Å². The number of benzene rings is 2. The van der Waals surface area contributed by atoms with Gasteiger partial charge in [0.05, 0.1) is 13.3 Å². The van der Waals surface area contributed by atoms with Crippen molar-refractivity contribution in [1.82, 2.24) is 0 Å². The molecule has 0 aliphatic carbocycles. The van der Waals surface area contributed by atoms with Gasteiger partial charge in [0.25, 0.3) is 0 Å². The van der Waals surface area contributed by atoms with E-state index in [1.54, 1.807) is 19.2 Å². The van der Waals surface area contributed by atoms with E-state index >= 15 is 0 Å². The molecule has 2 aromatic carbocycles. The summed E-state index contributed by atoms with van der Waals surface area (Å²) >= 11 is 9.59. The van der Waals surface area contributed by atoms with Crippen LogP contribution in [0.2, 0.25) is 5.02 Å². The molecule has 4 N–H and O–H groups in total. The second-order valence-corrected chi connectivity index (χ2v) is 5.94. The van der Waals surface area contributed by atoms with Gasteiger partial charge in [-0.3, -0.25) is 0 Å². The first-order valence-electron chi connectivity index (χ1n) is 6.87. The van der Waals surface area contributed by atoms with Crippen LogP contribution in [0.15, 0.2) is 51.1 Å². The molecule has 2 aromatic rings. The van der Waals surface area contributed by atoms with Crippen molar-refractivity contribution in [3.63, 3.8) is 0 Å². The van der Waals surface area contributed by atoms with E-state index in [4.69, 9.17) is 32.5 Å². The third-order valence-electron chi connectivity index (χ3n) is 2.99. The van der Waals surface area contributed by atoms with Crippen molar-refractivity contribution in [2.75, 3.05) is 7.11 Å². The third-order valence-corrected chi connectivity index (χ3v) is 4.05. The minimum atomic E-state index is -0.117. The third kappa shape index (κ3) is 4.87. The van der Waals surface area contributed by atoms with Crippen LogP contribution in [0.25, 0.3) is 0 Å². The molecule has 0 unspecified atom stereocenters. The number of nitrogens with two attached hydrogens (primary N) is 2. The number of halogens is 2. The zero-order valence-electron chi connectivity index (χ0n) is 12.9. The highest BCUT2D eigenvalue weighted by Crippen LogP contribution is 2.33. The van der Waals surface area contributed by atoms with Gasteiger partial charge >= 0.3 is 0 Å². The summed E-state index contributed by atoms with van der Waals surface area (Å²) in [7, 11) is 1.56. The van der Waals surface area contributed by atoms with E-state index < -0.39 is 0 Å². The fourth-order valence-corrected chi connectivity index (χ4v) is 2.47. The molecule has 0 heterocycles. The smallest absolute Gasteiger partial charge is 0.211 e. The Morgan fingerprint density at radius 1 is 1.25 bits per heavy atom. The largest absolute Gasteiger partial charge is 0.493 e. The van der Waals surface area contributed by atoms with Crippen molar-refractivity contribution in [3.05, 3.63) is 57.0 Å². The maximum absolute atomic E-state index is 6.13. The molecule has 126 valence electrons. The molecule has 0 amide bonds. The number of nitrogens with zero attached hydrogens (tertiary/aromatic N) is 2. The van der Waals surface area contributed by atoms with Gasteiger partial charge in [0, 0.05) is 20.6 Å². The van der Waals surface area contributed by atoms with Gasteiger partial charge in [-0.15, -0.1) is 5.10 Å². The van der Waals surface area contributed by atoms with E-state index in [-0.39, 0.29) is 5.96 Å². The standard InChI is InChI=1S/C16H16BrClN4O2/c1-23-14-6-11(8-21-22-16(19)20)12(17)7-15(14)24-9-10-4-2-3-5-13(10)18/h2-8H,9H2,1H3,(H4,19,20,22). The fraction of sp³-hybridized carbons (Fsp3) is 0.125. The summed E-state index contributed by atoms with van der Waals surface area (Å²) in [6.45, 7) is 0.323. The number of methoxy groups -OCH3 is 1. The summed E-state index contributed by atoms with van der Waals surface area (Å²) in [5.41, 5.74) is 12.1. The number of hydrogen-bond donors (Lipinski definition) is 2. The number of ether oxygens (including phenoxy) is 2. The van der Waals surface area contributed by atoms with E-state index in [0.717, 1.165) is 15.6 Å². The molecule has 0 bridgehead atoms. The van der Waals surface area contributed by atoms with Crippen LogP contribution in [-0.4, -0.2) is 19.3 Å². The van der Waals surface area contributed by atoms with Gasteiger partial charge in [0.15, 0.2) is 11.5 Å². The van der Waals surface area contributed by atoms with E-state index in [1.807, 2.05) is 24.3 Å². The summed E-state index contributed by atoms with van der Waals surface area (Å²) in [6, 6.07) is 11.0. The normalized spacial score (nSPS) is 10.6. The Bertz CT molecular complexity index is 777. The molecular weight excluding hydrogens is 396 g/mol. The molecule has 0 spiro atoms. The van der Waals surface area contributed by atoms with Crippen molar-refractivity contribution in [2.24, 2.45) is 21.7 Å². The van der Waals surface area contributed by atoms with Gasteiger partial charge in [-0.25, -0.2) is 0 Å². The Morgan fingerprint density at radius 2 is 2.00 bits per heavy atom. The molecule has 0 saturated carbocycles. The predicted octanol–water partition coefficient (Wildman–Crippen LogP) is 3.30. The first-order chi connectivity index (χ1) is 11.5. The molecule has 0 aromatic heterocycles. The van der Waals surface area contributed by atoms with E-state index in [0.29, 0.717) is 23.1 Å². The summed E-state index contributed by atoms with van der Waals surface area (Å²) in [5.74, 6) is 1.01. The SMILES string of the molecule is COc1cc(C=NN=C(N)N)c(Br)cc1OCc1ccccc1Cl. The van der Waals surface area contributed by atoms with Crippen LogP contribution in [0.1, 0.15) is 11.1 Å². The van der Waals surface area contributed by atoms with Crippen LogP contribution in [0.5, 0.6) is 11.5 Å². The summed E-state index contributed by atoms with van der Waals surface area (Å²) in [6.07, 6.45) is 1.50. The lowest BCUT2D eigenvalue weighted by Crippen LogP contribution is -2.21. The molecule has 0 radical (unpaired) electrons. The summed E-state index contributed by atoms with van der Waals surface area (Å²) in [4.78, 5) is 0. The minimum Gasteiger partial charge on any atom is -0.493 e. The van der Waals surface area contributed by atoms with Crippen molar-refractivity contribution < 1.29 is 9.47 Å². The number of hydrogen-bond acceptors (Lipinski definition) is 4. The lowest BCUT2D eigenvalue weighted by atomic mass is 10.2. The second-order valence-electron chi connectivity index (χ2n) is 4.67. The molecule has 0 aliphatic heterocycles. The highest BCUT2D eigenvalue weighted by Gasteiger charge is 2.10. The maximum atomic E-state index is 6.13. The topological polar surface area (TPSA) is 95.2 Å². The zero-order valence-corrected chi connectivity index (χ0v) is 15.2. The van der Waals surface area contributed by atoms with Crippen molar-refractivity contribution in [3.8, 4) is 11.5 Å². The van der Waals surface area contributed by atoms with Gasteiger partial charge in [0.1, 0.15) is 6.61 Å². The molecule has 0 saturated heterocycles. The average molecular weight is 412 g/mol. The van der Waals surface area contributed by atoms with Gasteiger partial charge in [0.2, 0.25) is 5.96 Å². The Balaban J connectivity index is 2.21. The number of guanidine groups is 1. The Morgan fingerprint density at radius 3 is 2.67 bits per heavy atom. The van der Waals surface area contributed by atoms with Crippen molar-refractivity contribution in [2.45, 2.75) is 6.61 Å². The van der Waals surface area contributed by atoms with Gasteiger partial charge in [-0.1, -0.05) is 29.8 Å². The summed E-state index contributed by atoms with van der Waals surface area (Å²) < 4.78 is 11.9. The van der Waals surface area contributed by atoms with E-state index in [9.17, 15) is 0 Å². The first-order valence-corrected chi connectivity index (χ1v) is 8.04. The molecule has 2 rings (SSSR count). The Hall–Kier alpha value is -2.25. The molecular formula is C16H16BrClN4O2. The Labute approximate surface area is 153 Å². The monoisotopic (exact) mass is 410 g/mol. The minimum absolute atomic E-state index is 0.117. The molecule has 0 fully saturated rings. The zero-order chi connectivity index (χ0) is 17.5. The Kier molecular flexibility index (Phi) is 6.45. The van der Waals surface area contributed by atoms with E-state index in [2.05, 4.69) is 26.1 Å². The predicted molar refractivity (Wildman–Crippen MR) is 99.9 cm³/mol. The first kappa shape index (κ1) is 18.1. The van der Waals surface area contributed by atoms with Gasteiger partial charge < -0.3 is 20.9 Å².